The second-order valence-corrected chi connectivity index (χ2v) is 10.3. The molecule has 3 aromatic carbocycles. The minimum atomic E-state index is -0.267. The van der Waals surface area contributed by atoms with E-state index in [1.54, 1.807) is 29.7 Å². The van der Waals surface area contributed by atoms with Gasteiger partial charge in [-0.2, -0.15) is 5.10 Å². The van der Waals surface area contributed by atoms with E-state index in [0.29, 0.717) is 5.56 Å². The molecular weight excluding hydrogens is 504 g/mol. The van der Waals surface area contributed by atoms with Gasteiger partial charge in [-0.15, -0.1) is 11.3 Å². The first-order chi connectivity index (χ1) is 19.1. The molecule has 1 aromatic heterocycles. The first-order valence-corrected chi connectivity index (χ1v) is 14.4. The number of ether oxygens (including phenoxy) is 1. The summed E-state index contributed by atoms with van der Waals surface area (Å²) in [6, 6.07) is 23.3. The summed E-state index contributed by atoms with van der Waals surface area (Å²) in [6.07, 6.45) is 9.10. The van der Waals surface area contributed by atoms with Crippen LogP contribution in [0.5, 0.6) is 5.75 Å². The van der Waals surface area contributed by atoms with E-state index in [2.05, 4.69) is 46.8 Å². The molecular formula is C32H36N4O2S. The van der Waals surface area contributed by atoms with E-state index in [0.717, 1.165) is 46.4 Å². The molecule has 1 heterocycles. The van der Waals surface area contributed by atoms with E-state index in [9.17, 15) is 4.79 Å². The van der Waals surface area contributed by atoms with Crippen LogP contribution in [0.25, 0.3) is 11.3 Å². The van der Waals surface area contributed by atoms with Gasteiger partial charge in [0.1, 0.15) is 5.75 Å². The lowest BCUT2D eigenvalue weighted by Crippen LogP contribution is -2.17. The Bertz CT molecular complexity index is 1330. The Morgan fingerprint density at radius 1 is 0.923 bits per heavy atom. The number of nitrogens with zero attached hydrogens (tertiary/aromatic N) is 2. The van der Waals surface area contributed by atoms with Crippen LogP contribution in [0.1, 0.15) is 66.9 Å². The lowest BCUT2D eigenvalue weighted by Gasteiger charge is -2.06. The van der Waals surface area contributed by atoms with Gasteiger partial charge in [0.25, 0.3) is 5.91 Å². The van der Waals surface area contributed by atoms with Crippen LogP contribution in [-0.4, -0.2) is 23.7 Å². The first-order valence-electron chi connectivity index (χ1n) is 13.6. The van der Waals surface area contributed by atoms with Crippen molar-refractivity contribution in [1.82, 2.24) is 10.4 Å². The second-order valence-electron chi connectivity index (χ2n) is 9.49. The number of aromatic nitrogens is 1. The van der Waals surface area contributed by atoms with Gasteiger partial charge in [-0.05, 0) is 67.4 Å². The summed E-state index contributed by atoms with van der Waals surface area (Å²) in [7, 11) is 0. The SMILES string of the molecule is CCCCCCCCOc1ccc(/C=N/NC(=O)c2ccc(-c3csc(Nc4ccc(C)cc4)n3)cc2)cc1. The summed E-state index contributed by atoms with van der Waals surface area (Å²) < 4.78 is 5.82. The maximum atomic E-state index is 12.5. The Balaban J connectivity index is 1.21. The minimum absolute atomic E-state index is 0.267. The standard InChI is InChI=1S/C32H36N4O2S/c1-3-4-5-6-7-8-21-38-29-19-11-25(12-20-29)22-33-36-31(37)27-15-13-26(14-16-27)30-23-39-32(35-30)34-28-17-9-24(2)10-18-28/h9-20,22-23H,3-8,21H2,1-2H3,(H,34,35)(H,36,37)/b33-22+. The molecule has 0 bridgehead atoms. The van der Waals surface area contributed by atoms with E-state index in [1.807, 2.05) is 53.9 Å². The zero-order chi connectivity index (χ0) is 27.3. The van der Waals surface area contributed by atoms with Crippen LogP contribution in [-0.2, 0) is 0 Å². The quantitative estimate of drug-likeness (QED) is 0.0957. The maximum Gasteiger partial charge on any atom is 0.271 e. The summed E-state index contributed by atoms with van der Waals surface area (Å²) in [5.74, 6) is 0.583. The number of unbranched alkanes of at least 4 members (excludes halogenated alkanes) is 5. The Morgan fingerprint density at radius 2 is 1.64 bits per heavy atom. The minimum Gasteiger partial charge on any atom is -0.494 e. The molecule has 202 valence electrons. The fraction of sp³-hybridized carbons (Fsp3) is 0.281. The molecule has 4 aromatic rings. The summed E-state index contributed by atoms with van der Waals surface area (Å²) in [5, 5.41) is 10.3. The topological polar surface area (TPSA) is 75.6 Å². The van der Waals surface area contributed by atoms with Gasteiger partial charge in [0, 0.05) is 22.2 Å². The number of rotatable bonds is 14. The fourth-order valence-corrected chi connectivity index (χ4v) is 4.71. The molecule has 0 saturated carbocycles. The van der Waals surface area contributed by atoms with E-state index >= 15 is 0 Å². The summed E-state index contributed by atoms with van der Waals surface area (Å²) >= 11 is 1.54. The highest BCUT2D eigenvalue weighted by Gasteiger charge is 2.08. The van der Waals surface area contributed by atoms with Gasteiger partial charge < -0.3 is 10.1 Å². The van der Waals surface area contributed by atoms with Gasteiger partial charge in [0.2, 0.25) is 0 Å². The molecule has 0 unspecified atom stereocenters. The van der Waals surface area contributed by atoms with E-state index in [1.165, 1.54) is 37.7 Å². The number of hydrogen-bond acceptors (Lipinski definition) is 6. The third-order valence-electron chi connectivity index (χ3n) is 6.28. The highest BCUT2D eigenvalue weighted by atomic mass is 32.1. The van der Waals surface area contributed by atoms with Gasteiger partial charge in [-0.3, -0.25) is 4.79 Å². The summed E-state index contributed by atoms with van der Waals surface area (Å²) in [4.78, 5) is 17.2. The highest BCUT2D eigenvalue weighted by Crippen LogP contribution is 2.27. The average Bonchev–Trinajstić information content (AvgIpc) is 3.43. The number of hydrazone groups is 1. The Morgan fingerprint density at radius 3 is 2.38 bits per heavy atom. The van der Waals surface area contributed by atoms with Crippen molar-refractivity contribution in [2.45, 2.75) is 52.4 Å². The molecule has 4 rings (SSSR count). The second kappa shape index (κ2) is 14.8. The molecule has 0 saturated heterocycles. The zero-order valence-corrected chi connectivity index (χ0v) is 23.5. The number of aryl methyl sites for hydroxylation is 1. The summed E-state index contributed by atoms with van der Waals surface area (Å²) in [6.45, 7) is 5.03. The van der Waals surface area contributed by atoms with Crippen LogP contribution in [0.4, 0.5) is 10.8 Å². The number of carbonyl (C=O) groups is 1. The van der Waals surface area contributed by atoms with Crippen LogP contribution in [0.3, 0.4) is 0 Å². The highest BCUT2D eigenvalue weighted by molar-refractivity contribution is 7.14. The fourth-order valence-electron chi connectivity index (χ4n) is 3.97. The van der Waals surface area contributed by atoms with Crippen LogP contribution in [0.2, 0.25) is 0 Å². The Kier molecular flexibility index (Phi) is 10.7. The lowest BCUT2D eigenvalue weighted by molar-refractivity contribution is 0.0955. The van der Waals surface area contributed by atoms with Crippen LogP contribution >= 0.6 is 11.3 Å². The largest absolute Gasteiger partial charge is 0.494 e. The number of hydrogen-bond donors (Lipinski definition) is 2. The molecule has 2 N–H and O–H groups in total. The predicted molar refractivity (Wildman–Crippen MR) is 162 cm³/mol. The molecule has 0 aliphatic rings. The van der Waals surface area contributed by atoms with Crippen molar-refractivity contribution in [1.29, 1.82) is 0 Å². The third-order valence-corrected chi connectivity index (χ3v) is 7.03. The van der Waals surface area contributed by atoms with Crippen molar-refractivity contribution in [2.24, 2.45) is 5.10 Å². The van der Waals surface area contributed by atoms with Crippen molar-refractivity contribution in [2.75, 3.05) is 11.9 Å². The Hall–Kier alpha value is -3.97. The van der Waals surface area contributed by atoms with Gasteiger partial charge in [-0.1, -0.05) is 68.9 Å². The average molecular weight is 541 g/mol. The summed E-state index contributed by atoms with van der Waals surface area (Å²) in [5.41, 5.74) is 8.03. The number of nitrogens with one attached hydrogen (secondary N) is 2. The van der Waals surface area contributed by atoms with Gasteiger partial charge in [-0.25, -0.2) is 10.4 Å². The van der Waals surface area contributed by atoms with Crippen molar-refractivity contribution in [3.05, 3.63) is 94.9 Å². The smallest absolute Gasteiger partial charge is 0.271 e. The van der Waals surface area contributed by atoms with Crippen LogP contribution in [0.15, 0.2) is 83.3 Å². The predicted octanol–water partition coefficient (Wildman–Crippen LogP) is 8.37. The molecule has 0 aliphatic carbocycles. The third kappa shape index (κ3) is 9.07. The number of anilines is 2. The normalized spacial score (nSPS) is 11.0. The molecule has 0 aliphatic heterocycles. The molecule has 6 nitrogen and oxygen atoms in total. The van der Waals surface area contributed by atoms with Crippen molar-refractivity contribution in [3.63, 3.8) is 0 Å². The number of carbonyl (C=O) groups excluding carboxylic acids is 1. The Labute approximate surface area is 235 Å². The van der Waals surface area contributed by atoms with E-state index in [-0.39, 0.29) is 5.91 Å². The van der Waals surface area contributed by atoms with Crippen LogP contribution in [0, 0.1) is 6.92 Å². The molecule has 0 fully saturated rings. The van der Waals surface area contributed by atoms with Gasteiger partial charge >= 0.3 is 0 Å². The molecule has 0 radical (unpaired) electrons. The monoisotopic (exact) mass is 540 g/mol. The lowest BCUT2D eigenvalue weighted by atomic mass is 10.1. The zero-order valence-electron chi connectivity index (χ0n) is 22.7. The van der Waals surface area contributed by atoms with Crippen molar-refractivity contribution >= 4 is 34.3 Å². The first kappa shape index (κ1) is 28.0. The number of amides is 1. The molecule has 0 spiro atoms. The molecule has 7 heteroatoms. The molecule has 39 heavy (non-hydrogen) atoms. The number of benzene rings is 3. The van der Waals surface area contributed by atoms with Gasteiger partial charge in [0.15, 0.2) is 5.13 Å². The molecule has 0 atom stereocenters. The van der Waals surface area contributed by atoms with E-state index in [4.69, 9.17) is 4.74 Å². The maximum absolute atomic E-state index is 12.5. The number of thiazole rings is 1. The van der Waals surface area contributed by atoms with E-state index < -0.39 is 0 Å². The van der Waals surface area contributed by atoms with Crippen molar-refractivity contribution < 1.29 is 9.53 Å². The van der Waals surface area contributed by atoms with Crippen LogP contribution < -0.4 is 15.5 Å². The molecule has 1 amide bonds. The van der Waals surface area contributed by atoms with Crippen molar-refractivity contribution in [3.8, 4) is 17.0 Å². The van der Waals surface area contributed by atoms with Gasteiger partial charge in [0.05, 0.1) is 18.5 Å².